The fourth-order valence-corrected chi connectivity index (χ4v) is 1.61. The lowest BCUT2D eigenvalue weighted by atomic mass is 10.1. The van der Waals surface area contributed by atoms with Crippen molar-refractivity contribution in [1.29, 1.82) is 0 Å². The zero-order chi connectivity index (χ0) is 11.5. The quantitative estimate of drug-likeness (QED) is 0.744. The maximum atomic E-state index is 12.7. The topological polar surface area (TPSA) is 66.4 Å². The van der Waals surface area contributed by atoms with Gasteiger partial charge in [-0.2, -0.15) is 0 Å². The first-order valence-corrected chi connectivity index (χ1v) is 4.78. The number of carbonyl (C=O) groups is 2. The van der Waals surface area contributed by atoms with Crippen LogP contribution in [0.5, 0.6) is 0 Å². The molecule has 2 N–H and O–H groups in total. The van der Waals surface area contributed by atoms with Crippen LogP contribution >= 0.6 is 0 Å². The highest BCUT2D eigenvalue weighted by Crippen LogP contribution is 2.38. The number of hydrogen-bond donors (Lipinski definition) is 2. The predicted molar refractivity (Wildman–Crippen MR) is 47.6 cm³/mol. The molecule has 0 aromatic carbocycles. The molecule has 1 aliphatic rings. The Morgan fingerprint density at radius 2 is 2.13 bits per heavy atom. The highest BCUT2D eigenvalue weighted by Gasteiger charge is 2.42. The second-order valence-corrected chi connectivity index (χ2v) is 3.73. The van der Waals surface area contributed by atoms with Gasteiger partial charge in [0.2, 0.25) is 11.8 Å². The minimum Gasteiger partial charge on any atom is -0.481 e. The van der Waals surface area contributed by atoms with Crippen LogP contribution in [0.2, 0.25) is 0 Å². The van der Waals surface area contributed by atoms with Crippen molar-refractivity contribution in [3.05, 3.63) is 0 Å². The van der Waals surface area contributed by atoms with Gasteiger partial charge < -0.3 is 10.4 Å². The van der Waals surface area contributed by atoms with Crippen LogP contribution in [0.1, 0.15) is 25.7 Å². The number of carbonyl (C=O) groups excluding carboxylic acids is 1. The number of alkyl halides is 2. The maximum absolute atomic E-state index is 12.7. The van der Waals surface area contributed by atoms with Crippen LogP contribution in [-0.2, 0) is 9.59 Å². The summed E-state index contributed by atoms with van der Waals surface area (Å²) in [6, 6.07) is 0. The van der Waals surface area contributed by atoms with Gasteiger partial charge in [0.05, 0.1) is 6.42 Å². The molecule has 15 heavy (non-hydrogen) atoms. The third-order valence-electron chi connectivity index (χ3n) is 2.41. The fraction of sp³-hybridized carbons (Fsp3) is 0.778. The first-order valence-electron chi connectivity index (χ1n) is 4.78. The van der Waals surface area contributed by atoms with Gasteiger partial charge in [-0.25, -0.2) is 8.78 Å². The molecule has 0 aromatic heterocycles. The average molecular weight is 221 g/mol. The Labute approximate surface area is 85.7 Å². The summed E-state index contributed by atoms with van der Waals surface area (Å²) in [5.41, 5.74) is 0. The SMILES string of the molecule is O=C(O)CCNC(=O)C1CCC(F)(F)C1. The van der Waals surface area contributed by atoms with Crippen molar-refractivity contribution in [3.63, 3.8) is 0 Å². The van der Waals surface area contributed by atoms with E-state index in [0.717, 1.165) is 0 Å². The number of halogens is 2. The van der Waals surface area contributed by atoms with Crippen molar-refractivity contribution < 1.29 is 23.5 Å². The number of rotatable bonds is 4. The number of carboxylic acid groups (broad SMARTS) is 1. The summed E-state index contributed by atoms with van der Waals surface area (Å²) >= 11 is 0. The zero-order valence-corrected chi connectivity index (χ0v) is 8.13. The molecule has 1 aliphatic carbocycles. The first-order chi connectivity index (χ1) is 6.91. The molecule has 0 saturated heterocycles. The first kappa shape index (κ1) is 11.9. The summed E-state index contributed by atoms with van der Waals surface area (Å²) in [5.74, 6) is -4.90. The number of aliphatic carboxylic acids is 1. The van der Waals surface area contributed by atoms with Crippen LogP contribution in [0.4, 0.5) is 8.78 Å². The van der Waals surface area contributed by atoms with Crippen molar-refractivity contribution in [2.45, 2.75) is 31.6 Å². The number of amides is 1. The lowest BCUT2D eigenvalue weighted by Crippen LogP contribution is -2.31. The molecule has 1 unspecified atom stereocenters. The smallest absolute Gasteiger partial charge is 0.305 e. The van der Waals surface area contributed by atoms with Gasteiger partial charge in [-0.1, -0.05) is 0 Å². The fourth-order valence-electron chi connectivity index (χ4n) is 1.61. The molecule has 1 atom stereocenters. The van der Waals surface area contributed by atoms with E-state index >= 15 is 0 Å². The zero-order valence-electron chi connectivity index (χ0n) is 8.13. The molecule has 0 aliphatic heterocycles. The molecular formula is C9H13F2NO3. The average Bonchev–Trinajstić information content (AvgIpc) is 2.45. The van der Waals surface area contributed by atoms with Gasteiger partial charge in [0.15, 0.2) is 0 Å². The maximum Gasteiger partial charge on any atom is 0.305 e. The highest BCUT2D eigenvalue weighted by molar-refractivity contribution is 5.79. The van der Waals surface area contributed by atoms with Gasteiger partial charge in [-0.3, -0.25) is 9.59 Å². The predicted octanol–water partition coefficient (Wildman–Crippen LogP) is 1.01. The van der Waals surface area contributed by atoms with E-state index in [2.05, 4.69) is 5.32 Å². The highest BCUT2D eigenvalue weighted by atomic mass is 19.3. The summed E-state index contributed by atoms with van der Waals surface area (Å²) < 4.78 is 25.5. The molecule has 1 rings (SSSR count). The Hall–Kier alpha value is -1.20. The normalized spacial score (nSPS) is 23.7. The molecule has 0 bridgehead atoms. The monoisotopic (exact) mass is 221 g/mol. The molecule has 0 radical (unpaired) electrons. The van der Waals surface area contributed by atoms with Crippen LogP contribution in [0.15, 0.2) is 0 Å². The van der Waals surface area contributed by atoms with E-state index in [1.165, 1.54) is 0 Å². The van der Waals surface area contributed by atoms with Gasteiger partial charge in [0.25, 0.3) is 0 Å². The largest absolute Gasteiger partial charge is 0.481 e. The summed E-state index contributed by atoms with van der Waals surface area (Å²) in [6.45, 7) is -0.00373. The number of hydrogen-bond acceptors (Lipinski definition) is 2. The van der Waals surface area contributed by atoms with E-state index in [4.69, 9.17) is 5.11 Å². The summed E-state index contributed by atoms with van der Waals surface area (Å²) in [4.78, 5) is 21.4. The van der Waals surface area contributed by atoms with Gasteiger partial charge in [-0.05, 0) is 6.42 Å². The van der Waals surface area contributed by atoms with E-state index in [1.54, 1.807) is 0 Å². The Morgan fingerprint density at radius 1 is 1.47 bits per heavy atom. The summed E-state index contributed by atoms with van der Waals surface area (Å²) in [7, 11) is 0. The second kappa shape index (κ2) is 4.55. The standard InChI is InChI=1S/C9H13F2NO3/c10-9(11)3-1-6(5-9)8(15)12-4-2-7(13)14/h6H,1-5H2,(H,12,15)(H,13,14). The molecular weight excluding hydrogens is 208 g/mol. The molecule has 86 valence electrons. The Kier molecular flexibility index (Phi) is 3.60. The van der Waals surface area contributed by atoms with Crippen molar-refractivity contribution >= 4 is 11.9 Å². The molecule has 1 saturated carbocycles. The molecule has 0 aromatic rings. The third kappa shape index (κ3) is 3.81. The molecule has 4 nitrogen and oxygen atoms in total. The molecule has 6 heteroatoms. The van der Waals surface area contributed by atoms with Gasteiger partial charge >= 0.3 is 5.97 Å². The summed E-state index contributed by atoms with van der Waals surface area (Å²) in [6.07, 6.45) is -0.698. The Balaban J connectivity index is 2.27. The lowest BCUT2D eigenvalue weighted by Gasteiger charge is -2.10. The van der Waals surface area contributed by atoms with Crippen LogP contribution in [0.3, 0.4) is 0 Å². The van der Waals surface area contributed by atoms with Crippen LogP contribution in [0.25, 0.3) is 0 Å². The minimum absolute atomic E-state index is 0.00373. The van der Waals surface area contributed by atoms with Crippen LogP contribution < -0.4 is 5.32 Å². The van der Waals surface area contributed by atoms with Crippen molar-refractivity contribution in [1.82, 2.24) is 5.32 Å². The van der Waals surface area contributed by atoms with E-state index in [1.807, 2.05) is 0 Å². The van der Waals surface area contributed by atoms with Gasteiger partial charge in [0.1, 0.15) is 0 Å². The minimum atomic E-state index is -2.74. The Bertz CT molecular complexity index is 268. The lowest BCUT2D eigenvalue weighted by molar-refractivity contribution is -0.137. The number of nitrogens with one attached hydrogen (secondary N) is 1. The summed E-state index contributed by atoms with van der Waals surface area (Å²) in [5, 5.41) is 10.6. The van der Waals surface area contributed by atoms with Crippen LogP contribution in [0, 0.1) is 5.92 Å². The molecule has 1 amide bonds. The van der Waals surface area contributed by atoms with Gasteiger partial charge in [-0.15, -0.1) is 0 Å². The molecule has 0 spiro atoms. The van der Waals surface area contributed by atoms with E-state index in [0.29, 0.717) is 0 Å². The van der Waals surface area contributed by atoms with Crippen molar-refractivity contribution in [2.24, 2.45) is 5.92 Å². The second-order valence-electron chi connectivity index (χ2n) is 3.73. The van der Waals surface area contributed by atoms with Crippen LogP contribution in [-0.4, -0.2) is 29.5 Å². The van der Waals surface area contributed by atoms with E-state index in [-0.39, 0.29) is 25.8 Å². The molecule has 1 fully saturated rings. The van der Waals surface area contributed by atoms with E-state index in [9.17, 15) is 18.4 Å². The van der Waals surface area contributed by atoms with Crippen molar-refractivity contribution in [3.8, 4) is 0 Å². The van der Waals surface area contributed by atoms with E-state index < -0.39 is 30.1 Å². The van der Waals surface area contributed by atoms with Crippen molar-refractivity contribution in [2.75, 3.05) is 6.54 Å². The Morgan fingerprint density at radius 3 is 2.60 bits per heavy atom. The number of carboxylic acids is 1. The molecule has 0 heterocycles. The third-order valence-corrected chi connectivity index (χ3v) is 2.41. The van der Waals surface area contributed by atoms with Gasteiger partial charge in [0, 0.05) is 25.3 Å².